The molecule has 5 rings (SSSR count). The largest absolute Gasteiger partial charge is 0.399 e. The number of hydrogen-bond acceptors (Lipinski definition) is 2. The zero-order chi connectivity index (χ0) is 29.9. The van der Waals surface area contributed by atoms with Crippen LogP contribution in [-0.4, -0.2) is 0 Å². The first kappa shape index (κ1) is 30.0. The molecule has 1 saturated carbocycles. The molecule has 4 aromatic carbocycles. The van der Waals surface area contributed by atoms with Crippen LogP contribution < -0.4 is 11.5 Å². The Morgan fingerprint density at radius 2 is 1.02 bits per heavy atom. The lowest BCUT2D eigenvalue weighted by molar-refractivity contribution is 0.260. The Bertz CT molecular complexity index is 1370. The predicted octanol–water partition coefficient (Wildman–Crippen LogP) is 10.4. The van der Waals surface area contributed by atoms with E-state index in [0.717, 1.165) is 30.1 Å². The molecule has 2 heteroatoms. The van der Waals surface area contributed by atoms with Crippen LogP contribution in [0.3, 0.4) is 0 Å². The van der Waals surface area contributed by atoms with E-state index >= 15 is 0 Å². The molecule has 0 bridgehead atoms. The molecular weight excluding hydrogens is 508 g/mol. The van der Waals surface area contributed by atoms with Gasteiger partial charge in [-0.05, 0) is 127 Å². The second kappa shape index (κ2) is 12.8. The van der Waals surface area contributed by atoms with Gasteiger partial charge < -0.3 is 11.5 Å². The number of benzene rings is 4. The average Bonchev–Trinajstić information content (AvgIpc) is 3.00. The van der Waals surface area contributed by atoms with E-state index in [1.807, 2.05) is 12.1 Å². The van der Waals surface area contributed by atoms with Gasteiger partial charge in [-0.3, -0.25) is 0 Å². The smallest absolute Gasteiger partial charge is 0.0316 e. The molecule has 42 heavy (non-hydrogen) atoms. The maximum absolute atomic E-state index is 6.07. The summed E-state index contributed by atoms with van der Waals surface area (Å²) in [4.78, 5) is 0. The molecule has 1 aliphatic carbocycles. The van der Waals surface area contributed by atoms with Gasteiger partial charge in [-0.15, -0.1) is 0 Å². The van der Waals surface area contributed by atoms with Crippen molar-refractivity contribution in [3.05, 3.63) is 129 Å². The van der Waals surface area contributed by atoms with Crippen molar-refractivity contribution in [1.29, 1.82) is 0 Å². The topological polar surface area (TPSA) is 52.0 Å². The molecular formula is C40H50N2. The summed E-state index contributed by atoms with van der Waals surface area (Å²) in [5.41, 5.74) is 24.9. The van der Waals surface area contributed by atoms with Gasteiger partial charge >= 0.3 is 0 Å². The SMILES string of the molecule is CCC1CCC(c2ccc(C(CC)c3ccc(N)cc3C)cc2)(c2ccc(C(CC)c3ccc(N)cc3C)cc2)CC1. The third-order valence-electron chi connectivity index (χ3n) is 10.4. The molecule has 1 fully saturated rings. The van der Waals surface area contributed by atoms with Crippen molar-refractivity contribution in [2.45, 2.75) is 96.8 Å². The van der Waals surface area contributed by atoms with Crippen LogP contribution in [0.25, 0.3) is 0 Å². The summed E-state index contributed by atoms with van der Waals surface area (Å²) in [6.07, 6.45) is 8.45. The van der Waals surface area contributed by atoms with E-state index in [4.69, 9.17) is 11.5 Å². The number of hydrogen-bond donors (Lipinski definition) is 2. The van der Waals surface area contributed by atoms with Gasteiger partial charge in [0.2, 0.25) is 0 Å². The highest BCUT2D eigenvalue weighted by Crippen LogP contribution is 2.48. The molecule has 0 aromatic heterocycles. The predicted molar refractivity (Wildman–Crippen MR) is 181 cm³/mol. The Kier molecular flexibility index (Phi) is 9.11. The number of rotatable bonds is 9. The second-order valence-corrected chi connectivity index (χ2v) is 12.8. The van der Waals surface area contributed by atoms with Crippen LogP contribution in [0.5, 0.6) is 0 Å². The van der Waals surface area contributed by atoms with Gasteiger partial charge in [0.25, 0.3) is 0 Å². The van der Waals surface area contributed by atoms with Gasteiger partial charge in [-0.2, -0.15) is 0 Å². The van der Waals surface area contributed by atoms with E-state index in [1.165, 1.54) is 76.6 Å². The first-order chi connectivity index (χ1) is 20.3. The second-order valence-electron chi connectivity index (χ2n) is 12.8. The van der Waals surface area contributed by atoms with Crippen molar-refractivity contribution in [1.82, 2.24) is 0 Å². The highest BCUT2D eigenvalue weighted by atomic mass is 14.5. The van der Waals surface area contributed by atoms with Crippen LogP contribution in [0.2, 0.25) is 0 Å². The fourth-order valence-corrected chi connectivity index (χ4v) is 7.84. The molecule has 4 aromatic rings. The molecule has 0 aliphatic heterocycles. The lowest BCUT2D eigenvalue weighted by Gasteiger charge is -2.41. The molecule has 0 saturated heterocycles. The first-order valence-electron chi connectivity index (χ1n) is 16.2. The van der Waals surface area contributed by atoms with Crippen molar-refractivity contribution < 1.29 is 0 Å². The van der Waals surface area contributed by atoms with Crippen molar-refractivity contribution in [2.75, 3.05) is 11.5 Å². The summed E-state index contributed by atoms with van der Waals surface area (Å²) in [6.45, 7) is 11.3. The molecule has 1 aliphatic rings. The van der Waals surface area contributed by atoms with Crippen LogP contribution in [0.15, 0.2) is 84.9 Å². The standard InChI is InChI=1S/C40H50N2/c1-6-29-21-23-40(24-22-29,32-13-9-30(10-14-32)36(7-2)38-19-17-34(41)25-27(38)4)33-15-11-31(12-16-33)37(8-3)39-20-18-35(42)26-28(39)5/h9-20,25-26,29,36-37H,6-8,21-24,41-42H2,1-5H3. The van der Waals surface area contributed by atoms with Crippen molar-refractivity contribution in [2.24, 2.45) is 5.92 Å². The zero-order valence-electron chi connectivity index (χ0n) is 26.4. The van der Waals surface area contributed by atoms with Gasteiger partial charge in [-0.1, -0.05) is 87.9 Å². The zero-order valence-corrected chi connectivity index (χ0v) is 26.4. The Morgan fingerprint density at radius 1 is 0.619 bits per heavy atom. The van der Waals surface area contributed by atoms with E-state index in [-0.39, 0.29) is 5.41 Å². The van der Waals surface area contributed by atoms with Crippen molar-refractivity contribution in [3.8, 4) is 0 Å². The van der Waals surface area contributed by atoms with Gasteiger partial charge in [0.05, 0.1) is 0 Å². The lowest BCUT2D eigenvalue weighted by Crippen LogP contribution is -2.33. The molecule has 4 N–H and O–H groups in total. The highest BCUT2D eigenvalue weighted by molar-refractivity contribution is 5.50. The molecule has 2 atom stereocenters. The first-order valence-corrected chi connectivity index (χ1v) is 16.2. The Morgan fingerprint density at radius 3 is 1.36 bits per heavy atom. The van der Waals surface area contributed by atoms with Crippen LogP contribution in [-0.2, 0) is 5.41 Å². The number of nitrogen functional groups attached to an aromatic ring is 2. The molecule has 2 unspecified atom stereocenters. The summed E-state index contributed by atoms with van der Waals surface area (Å²) in [5.74, 6) is 1.61. The van der Waals surface area contributed by atoms with Gasteiger partial charge in [0, 0.05) is 28.6 Å². The Hall–Kier alpha value is -3.52. The van der Waals surface area contributed by atoms with Gasteiger partial charge in [-0.25, -0.2) is 0 Å². The van der Waals surface area contributed by atoms with Crippen LogP contribution in [0.1, 0.15) is 122 Å². The molecule has 220 valence electrons. The molecule has 2 nitrogen and oxygen atoms in total. The van der Waals surface area contributed by atoms with E-state index in [1.54, 1.807) is 0 Å². The van der Waals surface area contributed by atoms with Crippen molar-refractivity contribution in [3.63, 3.8) is 0 Å². The summed E-state index contributed by atoms with van der Waals surface area (Å²) in [5, 5.41) is 0. The Balaban J connectivity index is 1.49. The van der Waals surface area contributed by atoms with Crippen LogP contribution in [0.4, 0.5) is 11.4 Å². The maximum Gasteiger partial charge on any atom is 0.0316 e. The third-order valence-corrected chi connectivity index (χ3v) is 10.4. The van der Waals surface area contributed by atoms with Crippen LogP contribution in [0, 0.1) is 19.8 Å². The fourth-order valence-electron chi connectivity index (χ4n) is 7.84. The van der Waals surface area contributed by atoms with E-state index in [2.05, 4.69) is 107 Å². The van der Waals surface area contributed by atoms with E-state index in [9.17, 15) is 0 Å². The minimum Gasteiger partial charge on any atom is -0.399 e. The fraction of sp³-hybridized carbons (Fsp3) is 0.400. The lowest BCUT2D eigenvalue weighted by atomic mass is 9.62. The average molecular weight is 559 g/mol. The highest BCUT2D eigenvalue weighted by Gasteiger charge is 2.38. The normalized spacial score (nSPS) is 20.3. The van der Waals surface area contributed by atoms with Gasteiger partial charge in [0.1, 0.15) is 0 Å². The minimum absolute atomic E-state index is 0.0698. The van der Waals surface area contributed by atoms with Gasteiger partial charge in [0.15, 0.2) is 0 Å². The molecule has 0 spiro atoms. The third kappa shape index (κ3) is 5.87. The molecule has 0 amide bonds. The summed E-state index contributed by atoms with van der Waals surface area (Å²) in [6, 6.07) is 32.1. The number of nitrogens with two attached hydrogens (primary N) is 2. The Labute approximate surface area is 254 Å². The quantitative estimate of drug-likeness (QED) is 0.201. The number of anilines is 2. The van der Waals surface area contributed by atoms with E-state index < -0.39 is 0 Å². The summed E-state index contributed by atoms with van der Waals surface area (Å²) >= 11 is 0. The van der Waals surface area contributed by atoms with Crippen LogP contribution >= 0.6 is 0 Å². The number of aryl methyl sites for hydroxylation is 2. The van der Waals surface area contributed by atoms with E-state index in [0.29, 0.717) is 11.8 Å². The maximum atomic E-state index is 6.07. The monoisotopic (exact) mass is 558 g/mol. The summed E-state index contributed by atoms with van der Waals surface area (Å²) < 4.78 is 0. The molecule has 0 heterocycles. The summed E-state index contributed by atoms with van der Waals surface area (Å²) in [7, 11) is 0. The molecule has 0 radical (unpaired) electrons. The minimum atomic E-state index is 0.0698. The van der Waals surface area contributed by atoms with Crippen molar-refractivity contribution >= 4 is 11.4 Å².